The number of fused-ring (bicyclic) bond motifs is 11. The first kappa shape index (κ1) is 18.7. The average molecular weight is 476 g/mol. The Morgan fingerprint density at radius 2 is 1.25 bits per heavy atom. The van der Waals surface area contributed by atoms with Crippen molar-refractivity contribution in [2.45, 2.75) is 0 Å². The van der Waals surface area contributed by atoms with E-state index in [9.17, 15) is 0 Å². The first-order valence-electron chi connectivity index (χ1n) is 12.1. The summed E-state index contributed by atoms with van der Waals surface area (Å²) in [5.74, 6) is 0. The second-order valence-corrected chi connectivity index (χ2v) is 10.5. The van der Waals surface area contributed by atoms with Gasteiger partial charge >= 0.3 is 0 Å². The van der Waals surface area contributed by atoms with Crippen molar-refractivity contribution in [2.24, 2.45) is 0 Å². The smallest absolute Gasteiger partial charge is 0.165 e. The quantitative estimate of drug-likeness (QED) is 0.237. The second kappa shape index (κ2) is 6.56. The van der Waals surface area contributed by atoms with E-state index < -0.39 is 0 Å². The maximum absolute atomic E-state index is 5.19. The van der Waals surface area contributed by atoms with Crippen LogP contribution >= 0.6 is 11.3 Å². The van der Waals surface area contributed by atoms with Gasteiger partial charge in [-0.15, -0.1) is 11.3 Å². The molecule has 5 aromatic carbocycles. The molecule has 3 nitrogen and oxygen atoms in total. The van der Waals surface area contributed by atoms with Crippen molar-refractivity contribution in [3.05, 3.63) is 103 Å². The van der Waals surface area contributed by atoms with Crippen LogP contribution in [0.4, 0.5) is 0 Å². The summed E-state index contributed by atoms with van der Waals surface area (Å²) in [4.78, 5) is 10.3. The Balaban J connectivity index is 1.58. The third kappa shape index (κ3) is 2.27. The third-order valence-electron chi connectivity index (χ3n) is 7.49. The van der Waals surface area contributed by atoms with Crippen LogP contribution in [0.5, 0.6) is 0 Å². The van der Waals surface area contributed by atoms with Crippen molar-refractivity contribution in [1.82, 2.24) is 14.4 Å². The zero-order valence-corrected chi connectivity index (χ0v) is 19.9. The highest BCUT2D eigenvalue weighted by molar-refractivity contribution is 7.26. The normalized spacial score (nSPS) is 12.4. The molecular weight excluding hydrogens is 458 g/mol. The summed E-state index contributed by atoms with van der Waals surface area (Å²) in [6.07, 6.45) is 0. The lowest BCUT2D eigenvalue weighted by Crippen LogP contribution is -1.89. The highest BCUT2D eigenvalue weighted by Gasteiger charge is 2.23. The van der Waals surface area contributed by atoms with Crippen LogP contribution in [-0.2, 0) is 0 Å². The van der Waals surface area contributed by atoms with Gasteiger partial charge in [-0.25, -0.2) is 9.97 Å². The van der Waals surface area contributed by atoms with Gasteiger partial charge in [-0.2, -0.15) is 0 Å². The van der Waals surface area contributed by atoms with Crippen molar-refractivity contribution in [2.75, 3.05) is 0 Å². The molecule has 0 aliphatic heterocycles. The van der Waals surface area contributed by atoms with Gasteiger partial charge in [0.15, 0.2) is 5.65 Å². The molecule has 0 amide bonds. The zero-order valence-electron chi connectivity index (χ0n) is 19.1. The minimum Gasteiger partial charge on any atom is -0.290 e. The Bertz CT molecular complexity index is 2310. The van der Waals surface area contributed by atoms with Gasteiger partial charge in [0.05, 0.1) is 26.8 Å². The molecule has 166 valence electrons. The summed E-state index contributed by atoms with van der Waals surface area (Å²) in [7, 11) is 0. The molecule has 4 heterocycles. The van der Waals surface area contributed by atoms with Crippen molar-refractivity contribution < 1.29 is 0 Å². The molecular formula is C32H17N3S. The van der Waals surface area contributed by atoms with Crippen molar-refractivity contribution in [3.8, 4) is 11.1 Å². The number of para-hydroxylation sites is 2. The van der Waals surface area contributed by atoms with Crippen molar-refractivity contribution in [3.63, 3.8) is 0 Å². The van der Waals surface area contributed by atoms with Crippen molar-refractivity contribution >= 4 is 80.9 Å². The van der Waals surface area contributed by atoms with Gasteiger partial charge in [0.1, 0.15) is 5.52 Å². The monoisotopic (exact) mass is 475 g/mol. The summed E-state index contributed by atoms with van der Waals surface area (Å²) in [6.45, 7) is 0. The summed E-state index contributed by atoms with van der Waals surface area (Å²) >= 11 is 1.87. The largest absolute Gasteiger partial charge is 0.290 e. The molecule has 4 heteroatoms. The van der Waals surface area contributed by atoms with Crippen LogP contribution in [0, 0.1) is 0 Å². The molecule has 0 saturated carbocycles. The van der Waals surface area contributed by atoms with Gasteiger partial charge < -0.3 is 0 Å². The van der Waals surface area contributed by atoms with E-state index in [1.807, 2.05) is 23.5 Å². The van der Waals surface area contributed by atoms with E-state index in [0.29, 0.717) is 0 Å². The summed E-state index contributed by atoms with van der Waals surface area (Å²) in [5, 5.41) is 6.29. The van der Waals surface area contributed by atoms with Crippen LogP contribution in [0.3, 0.4) is 0 Å². The van der Waals surface area contributed by atoms with Crippen molar-refractivity contribution in [1.29, 1.82) is 0 Å². The topological polar surface area (TPSA) is 30.2 Å². The SMILES string of the molecule is c1ccc(-c2cc3c4ccc5c6ccccc6sc5c4n4c5nc6ccccc6nc5c(c2)c34)cc1. The van der Waals surface area contributed by atoms with Gasteiger partial charge in [-0.3, -0.25) is 4.40 Å². The fourth-order valence-corrected chi connectivity index (χ4v) is 7.16. The lowest BCUT2D eigenvalue weighted by molar-refractivity contribution is 1.28. The number of nitrogens with zero attached hydrogens (tertiary/aromatic N) is 3. The Labute approximate surface area is 209 Å². The van der Waals surface area contributed by atoms with E-state index in [2.05, 4.69) is 95.4 Å². The minimum atomic E-state index is 0.922. The Hall–Kier alpha value is -4.54. The molecule has 9 rings (SSSR count). The van der Waals surface area contributed by atoms with E-state index in [1.165, 1.54) is 53.1 Å². The van der Waals surface area contributed by atoms with E-state index >= 15 is 0 Å². The van der Waals surface area contributed by atoms with Crippen LogP contribution < -0.4 is 0 Å². The fraction of sp³-hybridized carbons (Fsp3) is 0. The van der Waals surface area contributed by atoms with Gasteiger partial charge in [-0.05, 0) is 41.5 Å². The highest BCUT2D eigenvalue weighted by Crippen LogP contribution is 2.46. The first-order valence-corrected chi connectivity index (χ1v) is 12.9. The predicted molar refractivity (Wildman–Crippen MR) is 153 cm³/mol. The molecule has 0 fully saturated rings. The molecule has 0 atom stereocenters. The maximum Gasteiger partial charge on any atom is 0.165 e. The third-order valence-corrected chi connectivity index (χ3v) is 8.69. The Kier molecular flexibility index (Phi) is 3.42. The summed E-state index contributed by atoms with van der Waals surface area (Å²) in [6, 6.07) is 36.7. The zero-order chi connectivity index (χ0) is 23.4. The molecule has 0 spiro atoms. The number of hydrogen-bond acceptors (Lipinski definition) is 3. The predicted octanol–water partition coefficient (Wildman–Crippen LogP) is 8.81. The molecule has 0 bridgehead atoms. The van der Waals surface area contributed by atoms with Crippen LogP contribution in [0.15, 0.2) is 103 Å². The molecule has 0 unspecified atom stereocenters. The number of thiophene rings is 1. The standard InChI is InChI=1S/C32H17N3S/c1-2-8-18(9-3-1)19-16-23-21-14-15-22-20-10-4-7-13-27(20)36-31(22)30(21)35-29(23)24(17-19)28-32(35)34-26-12-6-5-11-25(26)33-28/h1-17H. The Morgan fingerprint density at radius 1 is 0.528 bits per heavy atom. The fourth-order valence-electron chi connectivity index (χ4n) is 5.92. The lowest BCUT2D eigenvalue weighted by atomic mass is 10.00. The molecule has 4 aromatic heterocycles. The highest BCUT2D eigenvalue weighted by atomic mass is 32.1. The van der Waals surface area contributed by atoms with Crippen LogP contribution in [0.1, 0.15) is 0 Å². The number of benzene rings is 5. The second-order valence-electron chi connectivity index (χ2n) is 9.44. The number of hydrogen-bond donors (Lipinski definition) is 0. The maximum atomic E-state index is 5.19. The number of rotatable bonds is 1. The average Bonchev–Trinajstić information content (AvgIpc) is 3.58. The first-order chi connectivity index (χ1) is 17.8. The molecule has 0 saturated heterocycles. The van der Waals surface area contributed by atoms with Crippen LogP contribution in [0.25, 0.3) is 80.7 Å². The Morgan fingerprint density at radius 3 is 2.14 bits per heavy atom. The summed E-state index contributed by atoms with van der Waals surface area (Å²) in [5.41, 5.74) is 8.60. The molecule has 0 aliphatic carbocycles. The van der Waals surface area contributed by atoms with Gasteiger partial charge in [-0.1, -0.05) is 72.8 Å². The number of aromatic nitrogens is 3. The van der Waals surface area contributed by atoms with E-state index in [4.69, 9.17) is 9.97 Å². The van der Waals surface area contributed by atoms with Gasteiger partial charge in [0, 0.05) is 31.6 Å². The van der Waals surface area contributed by atoms with E-state index in [1.54, 1.807) is 0 Å². The molecule has 36 heavy (non-hydrogen) atoms. The van der Waals surface area contributed by atoms with Gasteiger partial charge in [0.25, 0.3) is 0 Å². The molecule has 0 radical (unpaired) electrons. The van der Waals surface area contributed by atoms with E-state index in [-0.39, 0.29) is 0 Å². The molecule has 9 aromatic rings. The lowest BCUT2D eigenvalue weighted by Gasteiger charge is -2.04. The van der Waals surface area contributed by atoms with Crippen LogP contribution in [0.2, 0.25) is 0 Å². The molecule has 0 aliphatic rings. The van der Waals surface area contributed by atoms with Crippen LogP contribution in [-0.4, -0.2) is 14.4 Å². The molecule has 0 N–H and O–H groups in total. The summed E-state index contributed by atoms with van der Waals surface area (Å²) < 4.78 is 4.99. The van der Waals surface area contributed by atoms with E-state index in [0.717, 1.165) is 27.6 Å². The minimum absolute atomic E-state index is 0.922. The van der Waals surface area contributed by atoms with Gasteiger partial charge in [0.2, 0.25) is 0 Å².